The molecule has 0 saturated carbocycles. The fraction of sp³-hybridized carbons (Fsp3) is 0.214. The van der Waals surface area contributed by atoms with E-state index in [0.717, 1.165) is 4.47 Å². The van der Waals surface area contributed by atoms with Crippen LogP contribution >= 0.6 is 15.9 Å². The molecule has 21 heavy (non-hydrogen) atoms. The van der Waals surface area contributed by atoms with Gasteiger partial charge in [0.15, 0.2) is 5.82 Å². The maximum absolute atomic E-state index is 9.14. The Morgan fingerprint density at radius 2 is 2.14 bits per heavy atom. The first-order valence-electron chi connectivity index (χ1n) is 6.25. The molecule has 2 aromatic rings. The number of halogens is 1. The predicted molar refractivity (Wildman–Crippen MR) is 84.3 cm³/mol. The van der Waals surface area contributed by atoms with Crippen LogP contribution in [-0.2, 0) is 0 Å². The summed E-state index contributed by atoms with van der Waals surface area (Å²) in [4.78, 5) is 8.10. The monoisotopic (exact) mass is 347 g/mol. The third-order valence-corrected chi connectivity index (χ3v) is 3.04. The topological polar surface area (TPSA) is 96.9 Å². The fourth-order valence-corrected chi connectivity index (χ4v) is 2.00. The first-order chi connectivity index (χ1) is 10.0. The molecule has 0 spiro atoms. The zero-order chi connectivity index (χ0) is 15.4. The Kier molecular flexibility index (Phi) is 4.60. The van der Waals surface area contributed by atoms with Gasteiger partial charge >= 0.3 is 0 Å². The number of nitrogens with zero attached hydrogens (tertiary/aromatic N) is 3. The Labute approximate surface area is 131 Å². The molecule has 0 amide bonds. The highest BCUT2D eigenvalue weighted by Crippen LogP contribution is 2.30. The highest BCUT2D eigenvalue weighted by molar-refractivity contribution is 9.10. The first kappa shape index (κ1) is 15.1. The summed E-state index contributed by atoms with van der Waals surface area (Å²) in [5.74, 6) is 0.714. The minimum absolute atomic E-state index is 0.0458. The van der Waals surface area contributed by atoms with Gasteiger partial charge in [-0.15, -0.1) is 0 Å². The van der Waals surface area contributed by atoms with Crippen molar-refractivity contribution in [2.45, 2.75) is 20.0 Å². The van der Waals surface area contributed by atoms with E-state index in [1.165, 1.54) is 6.33 Å². The molecule has 1 aromatic heterocycles. The molecular formula is C14H14BrN5O. The minimum Gasteiger partial charge on any atom is -0.473 e. The van der Waals surface area contributed by atoms with Crippen molar-refractivity contribution >= 4 is 33.1 Å². The maximum Gasteiger partial charge on any atom is 0.242 e. The first-order valence-corrected chi connectivity index (χ1v) is 7.04. The highest BCUT2D eigenvalue weighted by atomic mass is 79.9. The zero-order valence-corrected chi connectivity index (χ0v) is 13.2. The van der Waals surface area contributed by atoms with Gasteiger partial charge in [0, 0.05) is 4.47 Å². The average molecular weight is 348 g/mol. The van der Waals surface area contributed by atoms with Crippen molar-refractivity contribution in [3.8, 4) is 11.9 Å². The van der Waals surface area contributed by atoms with Gasteiger partial charge in [0.2, 0.25) is 5.88 Å². The third-order valence-electron chi connectivity index (χ3n) is 2.55. The molecule has 0 fully saturated rings. The summed E-state index contributed by atoms with van der Waals surface area (Å²) in [6.07, 6.45) is 1.32. The molecule has 3 N–H and O–H groups in total. The fourth-order valence-electron chi connectivity index (χ4n) is 1.64. The van der Waals surface area contributed by atoms with E-state index in [9.17, 15) is 0 Å². The van der Waals surface area contributed by atoms with Gasteiger partial charge < -0.3 is 15.8 Å². The van der Waals surface area contributed by atoms with Crippen LogP contribution in [-0.4, -0.2) is 16.1 Å². The molecule has 0 unspecified atom stereocenters. The second-order valence-corrected chi connectivity index (χ2v) is 5.45. The molecule has 0 aliphatic rings. The number of anilines is 3. The van der Waals surface area contributed by atoms with E-state index in [1.54, 1.807) is 18.2 Å². The van der Waals surface area contributed by atoms with Crippen LogP contribution in [0.25, 0.3) is 0 Å². The van der Waals surface area contributed by atoms with E-state index in [4.69, 9.17) is 15.7 Å². The molecule has 7 heteroatoms. The summed E-state index contributed by atoms with van der Waals surface area (Å²) in [6, 6.07) is 7.39. The SMILES string of the molecule is CC(C)Oc1ncnc(Nc2cc(Br)ccc2C#N)c1N. The number of aromatic nitrogens is 2. The smallest absolute Gasteiger partial charge is 0.242 e. The lowest BCUT2D eigenvalue weighted by Gasteiger charge is -2.14. The molecular weight excluding hydrogens is 334 g/mol. The van der Waals surface area contributed by atoms with E-state index < -0.39 is 0 Å². The number of hydrogen-bond acceptors (Lipinski definition) is 6. The quantitative estimate of drug-likeness (QED) is 0.881. The standard InChI is InChI=1S/C14H14BrN5O/c1-8(2)21-14-12(17)13(18-7-19-14)20-11-5-10(15)4-3-9(11)6-16/h3-5,7-8H,17H2,1-2H3,(H,18,19,20). The molecule has 2 rings (SSSR count). The minimum atomic E-state index is -0.0458. The zero-order valence-electron chi connectivity index (χ0n) is 11.6. The molecule has 1 aromatic carbocycles. The number of nitrogens with one attached hydrogen (secondary N) is 1. The summed E-state index contributed by atoms with van der Waals surface area (Å²) in [7, 11) is 0. The van der Waals surface area contributed by atoms with Crippen LogP contribution < -0.4 is 15.8 Å². The lowest BCUT2D eigenvalue weighted by atomic mass is 10.2. The van der Waals surface area contributed by atoms with Crippen LogP contribution in [0.15, 0.2) is 29.0 Å². The van der Waals surface area contributed by atoms with E-state index in [1.807, 2.05) is 13.8 Å². The predicted octanol–water partition coefficient (Wildman–Crippen LogP) is 3.22. The summed E-state index contributed by atoms with van der Waals surface area (Å²) in [5.41, 5.74) is 7.40. The van der Waals surface area contributed by atoms with E-state index in [-0.39, 0.29) is 6.10 Å². The van der Waals surface area contributed by atoms with Gasteiger partial charge in [0.25, 0.3) is 0 Å². The maximum atomic E-state index is 9.14. The second-order valence-electron chi connectivity index (χ2n) is 4.53. The number of ether oxygens (including phenoxy) is 1. The molecule has 0 atom stereocenters. The number of nitriles is 1. The van der Waals surface area contributed by atoms with Gasteiger partial charge in [-0.25, -0.2) is 4.98 Å². The normalized spacial score (nSPS) is 10.2. The van der Waals surface area contributed by atoms with Crippen molar-refractivity contribution in [2.24, 2.45) is 0 Å². The Bertz CT molecular complexity index is 696. The van der Waals surface area contributed by atoms with Gasteiger partial charge in [0.1, 0.15) is 18.1 Å². The third kappa shape index (κ3) is 3.61. The molecule has 0 aliphatic heterocycles. The highest BCUT2D eigenvalue weighted by Gasteiger charge is 2.12. The van der Waals surface area contributed by atoms with Crippen molar-refractivity contribution in [1.82, 2.24) is 9.97 Å². The number of nitrogen functional groups attached to an aromatic ring is 1. The molecule has 1 heterocycles. The van der Waals surface area contributed by atoms with Crippen LogP contribution in [0.4, 0.5) is 17.2 Å². The number of benzene rings is 1. The lowest BCUT2D eigenvalue weighted by molar-refractivity contribution is 0.234. The van der Waals surface area contributed by atoms with Gasteiger partial charge in [-0.1, -0.05) is 15.9 Å². The van der Waals surface area contributed by atoms with Crippen molar-refractivity contribution < 1.29 is 4.74 Å². The molecule has 0 saturated heterocycles. The largest absolute Gasteiger partial charge is 0.473 e. The molecule has 6 nitrogen and oxygen atoms in total. The average Bonchev–Trinajstić information content (AvgIpc) is 2.43. The van der Waals surface area contributed by atoms with Crippen molar-refractivity contribution in [3.05, 3.63) is 34.6 Å². The number of rotatable bonds is 4. The Morgan fingerprint density at radius 3 is 2.81 bits per heavy atom. The molecule has 0 bridgehead atoms. The number of nitrogens with two attached hydrogens (primary N) is 1. The molecule has 108 valence electrons. The molecule has 0 aliphatic carbocycles. The summed E-state index contributed by atoms with van der Waals surface area (Å²) in [5, 5.41) is 12.2. The Morgan fingerprint density at radius 1 is 1.38 bits per heavy atom. The summed E-state index contributed by atoms with van der Waals surface area (Å²) in [6.45, 7) is 3.77. The van der Waals surface area contributed by atoms with Gasteiger partial charge in [-0.3, -0.25) is 0 Å². The van der Waals surface area contributed by atoms with Crippen LogP contribution in [0.1, 0.15) is 19.4 Å². The van der Waals surface area contributed by atoms with Crippen molar-refractivity contribution in [3.63, 3.8) is 0 Å². The lowest BCUT2D eigenvalue weighted by Crippen LogP contribution is -2.11. The van der Waals surface area contributed by atoms with E-state index in [2.05, 4.69) is 37.3 Å². The van der Waals surface area contributed by atoms with Gasteiger partial charge in [-0.2, -0.15) is 10.2 Å². The number of hydrogen-bond donors (Lipinski definition) is 2. The molecule has 0 radical (unpaired) electrons. The van der Waals surface area contributed by atoms with Crippen molar-refractivity contribution in [1.29, 1.82) is 5.26 Å². The van der Waals surface area contributed by atoms with Gasteiger partial charge in [0.05, 0.1) is 17.4 Å². The van der Waals surface area contributed by atoms with Crippen LogP contribution in [0.5, 0.6) is 5.88 Å². The van der Waals surface area contributed by atoms with E-state index in [0.29, 0.717) is 28.6 Å². The van der Waals surface area contributed by atoms with Crippen LogP contribution in [0, 0.1) is 11.3 Å². The van der Waals surface area contributed by atoms with Crippen LogP contribution in [0.3, 0.4) is 0 Å². The second kappa shape index (κ2) is 6.41. The Hall–Kier alpha value is -2.33. The Balaban J connectivity index is 2.37. The van der Waals surface area contributed by atoms with Gasteiger partial charge in [-0.05, 0) is 32.0 Å². The van der Waals surface area contributed by atoms with E-state index >= 15 is 0 Å². The summed E-state index contributed by atoms with van der Waals surface area (Å²) >= 11 is 3.37. The van der Waals surface area contributed by atoms with Crippen LogP contribution in [0.2, 0.25) is 0 Å². The summed E-state index contributed by atoms with van der Waals surface area (Å²) < 4.78 is 6.36. The van der Waals surface area contributed by atoms with Crippen molar-refractivity contribution in [2.75, 3.05) is 11.1 Å².